The van der Waals surface area contributed by atoms with Crippen LogP contribution in [0.1, 0.15) is 35.2 Å². The Kier molecular flexibility index (Phi) is 3.81. The Balaban J connectivity index is 1.95. The molecule has 0 spiro atoms. The summed E-state index contributed by atoms with van der Waals surface area (Å²) >= 11 is 0. The lowest BCUT2D eigenvalue weighted by atomic mass is 9.95. The minimum absolute atomic E-state index is 0.0894. The molecule has 1 heterocycles. The van der Waals surface area contributed by atoms with Crippen molar-refractivity contribution in [1.82, 2.24) is 5.32 Å². The molecule has 2 aromatic rings. The van der Waals surface area contributed by atoms with Crippen LogP contribution < -0.4 is 5.32 Å². The molecule has 1 aliphatic rings. The quantitative estimate of drug-likeness (QED) is 0.918. The monoisotopic (exact) mass is 271 g/mol. The number of fused-ring (bicyclic) bond motifs is 1. The largest absolute Gasteiger partial charge is 0.372 e. The minimum atomic E-state index is -0.202. The van der Waals surface area contributed by atoms with Gasteiger partial charge < -0.3 is 10.1 Å². The molecule has 2 nitrogen and oxygen atoms in total. The second-order valence-electron chi connectivity index (χ2n) is 5.06. The van der Waals surface area contributed by atoms with E-state index in [4.69, 9.17) is 4.74 Å². The van der Waals surface area contributed by atoms with Gasteiger partial charge in [0.15, 0.2) is 0 Å². The summed E-state index contributed by atoms with van der Waals surface area (Å²) in [5.41, 5.74) is 4.80. The minimum Gasteiger partial charge on any atom is -0.372 e. The predicted octanol–water partition coefficient (Wildman–Crippen LogP) is 3.55. The Morgan fingerprint density at radius 2 is 1.75 bits per heavy atom. The van der Waals surface area contributed by atoms with Crippen molar-refractivity contribution in [3.8, 4) is 0 Å². The van der Waals surface area contributed by atoms with Crippen molar-refractivity contribution in [2.24, 2.45) is 0 Å². The van der Waals surface area contributed by atoms with Gasteiger partial charge in [0.25, 0.3) is 0 Å². The zero-order valence-electron chi connectivity index (χ0n) is 11.5. The molecule has 1 unspecified atom stereocenters. The Hall–Kier alpha value is -1.71. The van der Waals surface area contributed by atoms with E-state index in [-0.39, 0.29) is 11.9 Å². The molecule has 2 aromatic carbocycles. The fourth-order valence-electron chi connectivity index (χ4n) is 2.66. The standard InChI is InChI=1S/C17H18FNO/c1-2-19-17(12-5-7-16(18)8-6-12)13-3-4-14-10-20-11-15(14)9-13/h3-9,17,19H,2,10-11H2,1H3. The average molecular weight is 271 g/mol. The normalized spacial score (nSPS) is 15.1. The predicted molar refractivity (Wildman–Crippen MR) is 76.9 cm³/mol. The summed E-state index contributed by atoms with van der Waals surface area (Å²) in [5.74, 6) is -0.202. The van der Waals surface area contributed by atoms with E-state index < -0.39 is 0 Å². The number of hydrogen-bond acceptors (Lipinski definition) is 2. The molecule has 0 saturated heterocycles. The van der Waals surface area contributed by atoms with E-state index in [2.05, 4.69) is 30.4 Å². The van der Waals surface area contributed by atoms with Crippen LogP contribution in [0.5, 0.6) is 0 Å². The van der Waals surface area contributed by atoms with Crippen molar-refractivity contribution in [3.05, 3.63) is 70.5 Å². The summed E-state index contributed by atoms with van der Waals surface area (Å²) < 4.78 is 18.5. The molecule has 0 saturated carbocycles. The molecule has 0 aromatic heterocycles. The van der Waals surface area contributed by atoms with Crippen molar-refractivity contribution in [2.45, 2.75) is 26.2 Å². The first-order chi connectivity index (χ1) is 9.78. The van der Waals surface area contributed by atoms with E-state index in [9.17, 15) is 4.39 Å². The third-order valence-corrected chi connectivity index (χ3v) is 3.69. The van der Waals surface area contributed by atoms with Crippen molar-refractivity contribution in [2.75, 3.05) is 6.54 Å². The van der Waals surface area contributed by atoms with Gasteiger partial charge in [0, 0.05) is 0 Å². The van der Waals surface area contributed by atoms with Gasteiger partial charge in [-0.2, -0.15) is 0 Å². The molecule has 0 fully saturated rings. The first-order valence-corrected chi connectivity index (χ1v) is 6.96. The van der Waals surface area contributed by atoms with Crippen LogP contribution in [0, 0.1) is 5.82 Å². The highest BCUT2D eigenvalue weighted by Crippen LogP contribution is 2.27. The van der Waals surface area contributed by atoms with Gasteiger partial charge in [-0.1, -0.05) is 37.3 Å². The second kappa shape index (κ2) is 5.73. The van der Waals surface area contributed by atoms with Gasteiger partial charge in [0.05, 0.1) is 19.3 Å². The van der Waals surface area contributed by atoms with Crippen LogP contribution in [0.4, 0.5) is 4.39 Å². The van der Waals surface area contributed by atoms with Gasteiger partial charge in [-0.15, -0.1) is 0 Å². The van der Waals surface area contributed by atoms with E-state index in [0.717, 1.165) is 12.1 Å². The maximum Gasteiger partial charge on any atom is 0.123 e. The molecule has 0 aliphatic carbocycles. The molecule has 3 rings (SSSR count). The Labute approximate surface area is 118 Å². The summed E-state index contributed by atoms with van der Waals surface area (Å²) in [7, 11) is 0. The lowest BCUT2D eigenvalue weighted by Gasteiger charge is -2.19. The summed E-state index contributed by atoms with van der Waals surface area (Å²) in [6.07, 6.45) is 0. The highest BCUT2D eigenvalue weighted by molar-refractivity contribution is 5.39. The van der Waals surface area contributed by atoms with E-state index in [0.29, 0.717) is 13.2 Å². The lowest BCUT2D eigenvalue weighted by molar-refractivity contribution is 0.134. The first kappa shape index (κ1) is 13.3. The molecular formula is C17H18FNO. The van der Waals surface area contributed by atoms with Crippen molar-refractivity contribution in [1.29, 1.82) is 0 Å². The van der Waals surface area contributed by atoms with Crippen molar-refractivity contribution >= 4 is 0 Å². The number of halogens is 1. The molecular weight excluding hydrogens is 253 g/mol. The number of hydrogen-bond donors (Lipinski definition) is 1. The van der Waals surface area contributed by atoms with Gasteiger partial charge in [-0.3, -0.25) is 0 Å². The van der Waals surface area contributed by atoms with Crippen LogP contribution in [0.3, 0.4) is 0 Å². The number of rotatable bonds is 4. The van der Waals surface area contributed by atoms with Gasteiger partial charge >= 0.3 is 0 Å². The van der Waals surface area contributed by atoms with E-state index >= 15 is 0 Å². The fourth-order valence-corrected chi connectivity index (χ4v) is 2.66. The fraction of sp³-hybridized carbons (Fsp3) is 0.294. The Morgan fingerprint density at radius 1 is 1.05 bits per heavy atom. The van der Waals surface area contributed by atoms with Gasteiger partial charge in [0.2, 0.25) is 0 Å². The first-order valence-electron chi connectivity index (χ1n) is 6.96. The average Bonchev–Trinajstić information content (AvgIpc) is 2.93. The summed E-state index contributed by atoms with van der Waals surface area (Å²) in [6, 6.07) is 13.2. The molecule has 0 amide bonds. The molecule has 104 valence electrons. The Bertz CT molecular complexity index is 594. The topological polar surface area (TPSA) is 21.3 Å². The third kappa shape index (κ3) is 2.60. The summed E-state index contributed by atoms with van der Waals surface area (Å²) in [5, 5.41) is 3.46. The highest BCUT2D eigenvalue weighted by Gasteiger charge is 2.17. The molecule has 1 N–H and O–H groups in total. The lowest BCUT2D eigenvalue weighted by Crippen LogP contribution is -2.22. The highest BCUT2D eigenvalue weighted by atomic mass is 19.1. The van der Waals surface area contributed by atoms with Gasteiger partial charge in [0.1, 0.15) is 5.82 Å². The molecule has 1 aliphatic heterocycles. The number of nitrogens with one attached hydrogen (secondary N) is 1. The zero-order valence-corrected chi connectivity index (χ0v) is 11.5. The van der Waals surface area contributed by atoms with Crippen molar-refractivity contribution in [3.63, 3.8) is 0 Å². The van der Waals surface area contributed by atoms with Crippen LogP contribution in [0.2, 0.25) is 0 Å². The summed E-state index contributed by atoms with van der Waals surface area (Å²) in [4.78, 5) is 0. The number of ether oxygens (including phenoxy) is 1. The van der Waals surface area contributed by atoms with Gasteiger partial charge in [-0.05, 0) is 40.9 Å². The number of benzene rings is 2. The molecule has 3 heteroatoms. The summed E-state index contributed by atoms with van der Waals surface area (Å²) in [6.45, 7) is 4.33. The van der Waals surface area contributed by atoms with E-state index in [1.165, 1.54) is 28.8 Å². The van der Waals surface area contributed by atoms with E-state index in [1.807, 2.05) is 12.1 Å². The van der Waals surface area contributed by atoms with E-state index in [1.54, 1.807) is 0 Å². The van der Waals surface area contributed by atoms with Crippen molar-refractivity contribution < 1.29 is 9.13 Å². The van der Waals surface area contributed by atoms with Crippen LogP contribution in [0.15, 0.2) is 42.5 Å². The maximum absolute atomic E-state index is 13.1. The molecule has 20 heavy (non-hydrogen) atoms. The SMILES string of the molecule is CCNC(c1ccc(F)cc1)c1ccc2c(c1)COC2. The molecule has 1 atom stereocenters. The maximum atomic E-state index is 13.1. The third-order valence-electron chi connectivity index (χ3n) is 3.69. The molecule has 0 radical (unpaired) electrons. The van der Waals surface area contributed by atoms with Gasteiger partial charge in [-0.25, -0.2) is 4.39 Å². The van der Waals surface area contributed by atoms with Crippen LogP contribution in [0.25, 0.3) is 0 Å². The van der Waals surface area contributed by atoms with Crippen LogP contribution in [-0.4, -0.2) is 6.54 Å². The Morgan fingerprint density at radius 3 is 2.50 bits per heavy atom. The van der Waals surface area contributed by atoms with Crippen LogP contribution >= 0.6 is 0 Å². The zero-order chi connectivity index (χ0) is 13.9. The van der Waals surface area contributed by atoms with Crippen LogP contribution in [-0.2, 0) is 18.0 Å². The second-order valence-corrected chi connectivity index (χ2v) is 5.06. The molecule has 0 bridgehead atoms. The smallest absolute Gasteiger partial charge is 0.123 e.